The molecule has 0 radical (unpaired) electrons. The molecule has 0 rings (SSSR count). The number of rotatable bonds is 11. The Morgan fingerprint density at radius 1 is 0.895 bits per heavy atom. The zero-order chi connectivity index (χ0) is 14.9. The van der Waals surface area contributed by atoms with Gasteiger partial charge in [0.15, 0.2) is 6.16 Å². The van der Waals surface area contributed by atoms with Crippen molar-refractivity contribution < 1.29 is 22.1 Å². The van der Waals surface area contributed by atoms with Crippen LogP contribution in [-0.4, -0.2) is 43.1 Å². The Kier molecular flexibility index (Phi) is 9.52. The molecule has 0 heterocycles. The molecular formula is C11H28O5PSi2+. The first kappa shape index (κ1) is 19.4. The Labute approximate surface area is 120 Å². The summed E-state index contributed by atoms with van der Waals surface area (Å²) >= 11 is 0. The van der Waals surface area contributed by atoms with Gasteiger partial charge in [-0.15, -0.1) is 0 Å². The molecule has 0 saturated heterocycles. The van der Waals surface area contributed by atoms with Crippen LogP contribution in [0.5, 0.6) is 0 Å². The molecule has 19 heavy (non-hydrogen) atoms. The summed E-state index contributed by atoms with van der Waals surface area (Å²) in [6.07, 6.45) is 0.436. The SMILES string of the molecule is CCO[Si](CC[P+](=O)O[Si](C)(C)C)(OCC)OCC. The zero-order valence-electron chi connectivity index (χ0n) is 13.0. The summed E-state index contributed by atoms with van der Waals surface area (Å²) in [6.45, 7) is 13.4. The molecule has 0 aliphatic carbocycles. The Bertz CT molecular complexity index is 253. The van der Waals surface area contributed by atoms with E-state index in [1.807, 2.05) is 40.4 Å². The highest BCUT2D eigenvalue weighted by Crippen LogP contribution is 2.31. The van der Waals surface area contributed by atoms with Gasteiger partial charge in [0, 0.05) is 19.8 Å². The second kappa shape index (κ2) is 9.34. The molecule has 0 spiro atoms. The van der Waals surface area contributed by atoms with E-state index in [-0.39, 0.29) is 0 Å². The van der Waals surface area contributed by atoms with Crippen LogP contribution < -0.4 is 0 Å². The van der Waals surface area contributed by atoms with Crippen LogP contribution in [0, 0.1) is 0 Å². The van der Waals surface area contributed by atoms with E-state index in [2.05, 4.69) is 0 Å². The summed E-state index contributed by atoms with van der Waals surface area (Å²) in [6, 6.07) is 0.544. The van der Waals surface area contributed by atoms with Crippen molar-refractivity contribution in [3.05, 3.63) is 0 Å². The second-order valence-electron chi connectivity index (χ2n) is 4.99. The first-order valence-electron chi connectivity index (χ1n) is 6.84. The third-order valence-corrected chi connectivity index (χ3v) is 9.13. The number of hydrogen-bond donors (Lipinski definition) is 0. The van der Waals surface area contributed by atoms with Crippen LogP contribution in [0.3, 0.4) is 0 Å². The van der Waals surface area contributed by atoms with Crippen LogP contribution in [0.1, 0.15) is 20.8 Å². The fourth-order valence-corrected chi connectivity index (χ4v) is 8.22. The maximum Gasteiger partial charge on any atom is 0.505 e. The molecule has 0 bridgehead atoms. The molecule has 8 heteroatoms. The molecule has 0 aromatic heterocycles. The van der Waals surface area contributed by atoms with E-state index in [1.165, 1.54) is 0 Å². The topological polar surface area (TPSA) is 54.0 Å². The van der Waals surface area contributed by atoms with Crippen LogP contribution in [-0.2, 0) is 22.1 Å². The highest BCUT2D eigenvalue weighted by molar-refractivity contribution is 7.41. The zero-order valence-corrected chi connectivity index (χ0v) is 15.9. The molecule has 1 atom stereocenters. The Morgan fingerprint density at radius 2 is 1.32 bits per heavy atom. The highest BCUT2D eigenvalue weighted by Gasteiger charge is 2.44. The quantitative estimate of drug-likeness (QED) is 0.428. The van der Waals surface area contributed by atoms with Crippen LogP contribution in [0.4, 0.5) is 0 Å². The van der Waals surface area contributed by atoms with E-state index in [9.17, 15) is 4.57 Å². The van der Waals surface area contributed by atoms with Crippen molar-refractivity contribution >= 4 is 25.1 Å². The average Bonchev–Trinajstić information content (AvgIpc) is 2.25. The maximum atomic E-state index is 11.9. The van der Waals surface area contributed by atoms with E-state index >= 15 is 0 Å². The minimum atomic E-state index is -2.68. The molecule has 1 unspecified atom stereocenters. The van der Waals surface area contributed by atoms with Gasteiger partial charge < -0.3 is 13.3 Å². The van der Waals surface area contributed by atoms with Gasteiger partial charge in [0.05, 0.1) is 6.04 Å². The third-order valence-electron chi connectivity index (χ3n) is 2.07. The molecular weight excluding hydrogens is 299 g/mol. The molecule has 0 aliphatic rings. The van der Waals surface area contributed by atoms with Gasteiger partial charge in [-0.3, -0.25) is 0 Å². The van der Waals surface area contributed by atoms with Crippen molar-refractivity contribution in [1.29, 1.82) is 0 Å². The fraction of sp³-hybridized carbons (Fsp3) is 1.00. The molecule has 0 aromatic rings. The van der Waals surface area contributed by atoms with Crippen molar-refractivity contribution in [2.45, 2.75) is 46.5 Å². The summed E-state index contributed by atoms with van der Waals surface area (Å²) in [5.74, 6) is 0. The predicted molar refractivity (Wildman–Crippen MR) is 82.3 cm³/mol. The lowest BCUT2D eigenvalue weighted by atomic mass is 10.9. The van der Waals surface area contributed by atoms with Gasteiger partial charge in [0.1, 0.15) is 0 Å². The second-order valence-corrected chi connectivity index (χ2v) is 13.8. The molecule has 0 saturated carbocycles. The molecule has 114 valence electrons. The predicted octanol–water partition coefficient (Wildman–Crippen LogP) is 3.63. The van der Waals surface area contributed by atoms with E-state index < -0.39 is 25.1 Å². The Balaban J connectivity index is 4.50. The van der Waals surface area contributed by atoms with Crippen LogP contribution >= 0.6 is 8.03 Å². The van der Waals surface area contributed by atoms with Crippen LogP contribution in [0.15, 0.2) is 0 Å². The fourth-order valence-electron chi connectivity index (χ4n) is 1.58. The van der Waals surface area contributed by atoms with Gasteiger partial charge >= 0.3 is 16.8 Å². The minimum Gasteiger partial charge on any atom is -0.374 e. The molecule has 0 aromatic carbocycles. The molecule has 0 N–H and O–H groups in total. The largest absolute Gasteiger partial charge is 0.505 e. The molecule has 0 fully saturated rings. The van der Waals surface area contributed by atoms with E-state index in [1.54, 1.807) is 0 Å². The lowest BCUT2D eigenvalue weighted by molar-refractivity contribution is 0.0726. The Morgan fingerprint density at radius 3 is 1.63 bits per heavy atom. The van der Waals surface area contributed by atoms with Gasteiger partial charge in [0.2, 0.25) is 0 Å². The highest BCUT2D eigenvalue weighted by atomic mass is 31.1. The van der Waals surface area contributed by atoms with E-state index in [0.29, 0.717) is 32.0 Å². The van der Waals surface area contributed by atoms with Crippen molar-refractivity contribution in [2.75, 3.05) is 26.0 Å². The van der Waals surface area contributed by atoms with Gasteiger partial charge in [0.25, 0.3) is 8.32 Å². The monoisotopic (exact) mass is 327 g/mol. The summed E-state index contributed by atoms with van der Waals surface area (Å²) in [4.78, 5) is 0. The first-order valence-corrected chi connectivity index (χ1v) is 13.5. The lowest BCUT2D eigenvalue weighted by Crippen LogP contribution is -2.46. The maximum absolute atomic E-state index is 11.9. The molecule has 5 nitrogen and oxygen atoms in total. The minimum absolute atomic E-state index is 0.436. The third kappa shape index (κ3) is 9.02. The standard InChI is InChI=1S/C11H28O5PSi2/c1-7-13-19(14-8-2,15-9-3)11-10-17(12)16-18(4,5)6/h7-11H2,1-6H3/q+1. The van der Waals surface area contributed by atoms with Crippen molar-refractivity contribution in [3.8, 4) is 0 Å². The van der Waals surface area contributed by atoms with Crippen molar-refractivity contribution in [2.24, 2.45) is 0 Å². The summed E-state index contributed by atoms with van der Waals surface area (Å²) < 4.78 is 34.6. The lowest BCUT2D eigenvalue weighted by Gasteiger charge is -2.27. The van der Waals surface area contributed by atoms with Crippen LogP contribution in [0.25, 0.3) is 0 Å². The average molecular weight is 327 g/mol. The number of hydrogen-bond acceptors (Lipinski definition) is 5. The van der Waals surface area contributed by atoms with Gasteiger partial charge in [-0.2, -0.15) is 0 Å². The van der Waals surface area contributed by atoms with Crippen molar-refractivity contribution in [1.82, 2.24) is 0 Å². The van der Waals surface area contributed by atoms with Crippen LogP contribution in [0.2, 0.25) is 25.7 Å². The van der Waals surface area contributed by atoms with Gasteiger partial charge in [-0.25, -0.2) is 4.21 Å². The molecule has 0 aliphatic heterocycles. The summed E-state index contributed by atoms with van der Waals surface area (Å²) in [7, 11) is -6.10. The van der Waals surface area contributed by atoms with E-state index in [4.69, 9.17) is 17.5 Å². The van der Waals surface area contributed by atoms with Gasteiger partial charge in [-0.05, 0) is 45.0 Å². The summed E-state index contributed by atoms with van der Waals surface area (Å²) in [5, 5.41) is 0. The smallest absolute Gasteiger partial charge is 0.374 e. The first-order chi connectivity index (χ1) is 8.78. The normalized spacial score (nSPS) is 13.7. The Hall–Kier alpha value is 0.374. The van der Waals surface area contributed by atoms with Crippen molar-refractivity contribution in [3.63, 3.8) is 0 Å². The van der Waals surface area contributed by atoms with E-state index in [0.717, 1.165) is 0 Å². The van der Waals surface area contributed by atoms with Gasteiger partial charge in [-0.1, -0.05) is 0 Å². The molecule has 0 amide bonds. The summed E-state index contributed by atoms with van der Waals surface area (Å²) in [5.41, 5.74) is 0.